The predicted octanol–water partition coefficient (Wildman–Crippen LogP) is 2.19. The highest BCUT2D eigenvalue weighted by Gasteiger charge is 2.29. The number of hydrogen-bond acceptors (Lipinski definition) is 6. The number of aryl methyl sites for hydroxylation is 2. The van der Waals surface area contributed by atoms with Crippen molar-refractivity contribution >= 4 is 28.6 Å². The first-order valence-corrected chi connectivity index (χ1v) is 9.44. The molecule has 5 nitrogen and oxygen atoms in total. The molecule has 2 aromatic heterocycles. The summed E-state index contributed by atoms with van der Waals surface area (Å²) in [6, 6.07) is 1.73. The van der Waals surface area contributed by atoms with Crippen molar-refractivity contribution in [3.63, 3.8) is 0 Å². The van der Waals surface area contributed by atoms with Gasteiger partial charge in [0.1, 0.15) is 0 Å². The molecule has 0 bridgehead atoms. The Morgan fingerprint density at radius 3 is 2.96 bits per heavy atom. The van der Waals surface area contributed by atoms with Gasteiger partial charge in [-0.3, -0.25) is 9.69 Å². The number of aromatic nitrogens is 1. The summed E-state index contributed by atoms with van der Waals surface area (Å²) in [5.74, 6) is -0.0804. The maximum absolute atomic E-state index is 12.3. The molecule has 0 saturated carbocycles. The number of likely N-dealkylation sites (tertiary alicyclic amines) is 1. The Morgan fingerprint density at radius 1 is 1.52 bits per heavy atom. The summed E-state index contributed by atoms with van der Waals surface area (Å²) in [6.45, 7) is 6.19. The molecule has 2 aromatic rings. The van der Waals surface area contributed by atoms with Crippen LogP contribution >= 0.6 is 22.7 Å². The van der Waals surface area contributed by atoms with E-state index >= 15 is 0 Å². The summed E-state index contributed by atoms with van der Waals surface area (Å²) in [7, 11) is 0. The Morgan fingerprint density at radius 2 is 2.35 bits per heavy atom. The highest BCUT2D eigenvalue weighted by atomic mass is 32.1. The van der Waals surface area contributed by atoms with Gasteiger partial charge in [0.25, 0.3) is 5.91 Å². The second-order valence-electron chi connectivity index (χ2n) is 6.00. The van der Waals surface area contributed by atoms with Crippen molar-refractivity contribution in [1.82, 2.24) is 15.2 Å². The van der Waals surface area contributed by atoms with Gasteiger partial charge in [-0.1, -0.05) is 0 Å². The van der Waals surface area contributed by atoms with Gasteiger partial charge in [-0.2, -0.15) is 0 Å². The first kappa shape index (κ1) is 16.6. The van der Waals surface area contributed by atoms with E-state index in [1.165, 1.54) is 11.3 Å². The Labute approximate surface area is 144 Å². The summed E-state index contributed by atoms with van der Waals surface area (Å²) in [4.78, 5) is 20.7. The molecule has 0 aromatic carbocycles. The summed E-state index contributed by atoms with van der Waals surface area (Å²) < 4.78 is 0. The van der Waals surface area contributed by atoms with Crippen molar-refractivity contribution in [3.05, 3.63) is 38.0 Å². The maximum Gasteiger partial charge on any atom is 0.261 e. The van der Waals surface area contributed by atoms with Gasteiger partial charge in [-0.25, -0.2) is 4.98 Å². The third-order valence-electron chi connectivity index (χ3n) is 4.24. The zero-order valence-electron chi connectivity index (χ0n) is 13.3. The number of aliphatic hydroxyl groups is 1. The number of β-amino-alcohol motifs (C(OH)–C–C–N with tert-alkyl or cyclic N) is 1. The molecule has 1 aliphatic rings. The van der Waals surface area contributed by atoms with Gasteiger partial charge in [-0.15, -0.1) is 22.7 Å². The van der Waals surface area contributed by atoms with E-state index in [9.17, 15) is 9.90 Å². The van der Waals surface area contributed by atoms with Crippen LogP contribution in [0.2, 0.25) is 0 Å². The molecule has 1 fully saturated rings. The minimum absolute atomic E-state index is 0.0804. The highest BCUT2D eigenvalue weighted by molar-refractivity contribution is 7.14. The molecule has 0 radical (unpaired) electrons. The standard InChI is InChI=1S/C16H21N3O2S2/c1-10-5-15(23-11(10)2)16(21)18-13-3-4-19(7-14(13)20)6-12-8-22-9-17-12/h5,8-9,13-14,20H,3-4,6-7H2,1-2H3,(H,18,21)/t13-,14-/m0/s1. The molecule has 0 aliphatic carbocycles. The van der Waals surface area contributed by atoms with E-state index in [4.69, 9.17) is 0 Å². The maximum atomic E-state index is 12.3. The number of thiazole rings is 1. The molecule has 2 atom stereocenters. The molecule has 1 aliphatic heterocycles. The second-order valence-corrected chi connectivity index (χ2v) is 7.98. The topological polar surface area (TPSA) is 65.5 Å². The van der Waals surface area contributed by atoms with Crippen molar-refractivity contribution in [2.45, 2.75) is 39.0 Å². The van der Waals surface area contributed by atoms with E-state index in [0.29, 0.717) is 6.54 Å². The van der Waals surface area contributed by atoms with Crippen LogP contribution in [-0.2, 0) is 6.54 Å². The quantitative estimate of drug-likeness (QED) is 0.886. The molecule has 0 unspecified atom stereocenters. The van der Waals surface area contributed by atoms with Crippen molar-refractivity contribution in [1.29, 1.82) is 0 Å². The van der Waals surface area contributed by atoms with Crippen molar-refractivity contribution in [2.24, 2.45) is 0 Å². The van der Waals surface area contributed by atoms with Gasteiger partial charge >= 0.3 is 0 Å². The van der Waals surface area contributed by atoms with Crippen LogP contribution in [0.4, 0.5) is 0 Å². The molecule has 7 heteroatoms. The van der Waals surface area contributed by atoms with Crippen LogP contribution in [0.1, 0.15) is 32.2 Å². The molecule has 0 spiro atoms. The number of amides is 1. The van der Waals surface area contributed by atoms with Gasteiger partial charge in [0.05, 0.1) is 28.2 Å². The van der Waals surface area contributed by atoms with Gasteiger partial charge in [-0.05, 0) is 31.9 Å². The number of carbonyl (C=O) groups excluding carboxylic acids is 1. The fourth-order valence-corrected chi connectivity index (χ4v) is 4.27. The zero-order valence-corrected chi connectivity index (χ0v) is 14.9. The minimum Gasteiger partial charge on any atom is -0.390 e. The molecule has 2 N–H and O–H groups in total. The summed E-state index contributed by atoms with van der Waals surface area (Å²) in [5.41, 5.74) is 4.00. The number of hydrogen-bond donors (Lipinski definition) is 2. The lowest BCUT2D eigenvalue weighted by Crippen LogP contribution is -2.53. The zero-order chi connectivity index (χ0) is 16.4. The van der Waals surface area contributed by atoms with Crippen LogP contribution in [0, 0.1) is 13.8 Å². The summed E-state index contributed by atoms with van der Waals surface area (Å²) >= 11 is 3.09. The lowest BCUT2D eigenvalue weighted by atomic mass is 10.0. The predicted molar refractivity (Wildman–Crippen MR) is 93.1 cm³/mol. The highest BCUT2D eigenvalue weighted by Crippen LogP contribution is 2.21. The average Bonchev–Trinajstić information content (AvgIpc) is 3.13. The Bertz CT molecular complexity index is 649. The molecule has 1 saturated heterocycles. The van der Waals surface area contributed by atoms with Gasteiger partial charge in [0, 0.05) is 29.9 Å². The van der Waals surface area contributed by atoms with Gasteiger partial charge < -0.3 is 10.4 Å². The van der Waals surface area contributed by atoms with Crippen LogP contribution in [0.25, 0.3) is 0 Å². The molecule has 1 amide bonds. The van der Waals surface area contributed by atoms with Crippen molar-refractivity contribution < 1.29 is 9.90 Å². The Balaban J connectivity index is 1.55. The van der Waals surface area contributed by atoms with E-state index in [0.717, 1.165) is 40.5 Å². The first-order valence-electron chi connectivity index (χ1n) is 7.68. The SMILES string of the molecule is Cc1cc(C(=O)N[C@H]2CCN(Cc3cscn3)C[C@@H]2O)sc1C. The smallest absolute Gasteiger partial charge is 0.261 e. The summed E-state index contributed by atoms with van der Waals surface area (Å²) in [6.07, 6.45) is 0.203. The number of thiophene rings is 1. The third kappa shape index (κ3) is 3.98. The number of rotatable bonds is 4. The number of nitrogens with zero attached hydrogens (tertiary/aromatic N) is 2. The summed E-state index contributed by atoms with van der Waals surface area (Å²) in [5, 5.41) is 15.4. The number of carbonyl (C=O) groups is 1. The molecular formula is C16H21N3O2S2. The first-order chi connectivity index (χ1) is 11.0. The monoisotopic (exact) mass is 351 g/mol. The second kappa shape index (κ2) is 7.09. The normalized spacial score (nSPS) is 22.2. The van der Waals surface area contributed by atoms with Crippen LogP contribution in [0.5, 0.6) is 0 Å². The van der Waals surface area contributed by atoms with E-state index in [-0.39, 0.29) is 11.9 Å². The van der Waals surface area contributed by atoms with E-state index in [1.54, 1.807) is 11.3 Å². The van der Waals surface area contributed by atoms with Crippen LogP contribution in [0.3, 0.4) is 0 Å². The van der Waals surface area contributed by atoms with Crippen LogP contribution < -0.4 is 5.32 Å². The Kier molecular flexibility index (Phi) is 5.11. The number of aliphatic hydroxyl groups excluding tert-OH is 1. The molecule has 124 valence electrons. The van der Waals surface area contributed by atoms with Gasteiger partial charge in [0.15, 0.2) is 0 Å². The van der Waals surface area contributed by atoms with Gasteiger partial charge in [0.2, 0.25) is 0 Å². The number of piperidine rings is 1. The fraction of sp³-hybridized carbons (Fsp3) is 0.500. The molecule has 23 heavy (non-hydrogen) atoms. The Hall–Kier alpha value is -1.28. The largest absolute Gasteiger partial charge is 0.390 e. The van der Waals surface area contributed by atoms with Crippen molar-refractivity contribution in [3.8, 4) is 0 Å². The van der Waals surface area contributed by atoms with E-state index in [1.807, 2.05) is 30.8 Å². The minimum atomic E-state index is -0.548. The lowest BCUT2D eigenvalue weighted by molar-refractivity contribution is 0.0347. The fourth-order valence-electron chi connectivity index (χ4n) is 2.78. The third-order valence-corrected chi connectivity index (χ3v) is 6.03. The number of nitrogens with one attached hydrogen (secondary N) is 1. The molecule has 3 heterocycles. The lowest BCUT2D eigenvalue weighted by Gasteiger charge is -2.35. The van der Waals surface area contributed by atoms with Crippen molar-refractivity contribution in [2.75, 3.05) is 13.1 Å². The average molecular weight is 351 g/mol. The molecular weight excluding hydrogens is 330 g/mol. The van der Waals surface area contributed by atoms with E-state index in [2.05, 4.69) is 15.2 Å². The van der Waals surface area contributed by atoms with Crippen LogP contribution in [-0.4, -0.2) is 46.1 Å². The van der Waals surface area contributed by atoms with Crippen LogP contribution in [0.15, 0.2) is 17.0 Å². The van der Waals surface area contributed by atoms with E-state index < -0.39 is 6.10 Å². The molecule has 3 rings (SSSR count).